The van der Waals surface area contributed by atoms with Crippen molar-refractivity contribution in [2.75, 3.05) is 39.0 Å². The summed E-state index contributed by atoms with van der Waals surface area (Å²) in [5, 5.41) is 6.78. The first-order valence-corrected chi connectivity index (χ1v) is 11.1. The fourth-order valence-electron chi connectivity index (χ4n) is 4.18. The van der Waals surface area contributed by atoms with Crippen molar-refractivity contribution in [3.8, 4) is 0 Å². The third-order valence-electron chi connectivity index (χ3n) is 5.86. The Kier molecular flexibility index (Phi) is 7.10. The third kappa shape index (κ3) is 4.28. The van der Waals surface area contributed by atoms with Crippen molar-refractivity contribution in [2.24, 2.45) is 10.4 Å². The van der Waals surface area contributed by atoms with Gasteiger partial charge in [0.15, 0.2) is 5.96 Å². The summed E-state index contributed by atoms with van der Waals surface area (Å²) in [7, 11) is -1.28. The Bertz CT molecular complexity index is 560. The fourth-order valence-corrected chi connectivity index (χ4v) is 5.71. The van der Waals surface area contributed by atoms with Gasteiger partial charge < -0.3 is 15.4 Å². The van der Waals surface area contributed by atoms with E-state index in [9.17, 15) is 8.42 Å². The fraction of sp³-hybridized carbons (Fsp3) is 0.941. The quantitative estimate of drug-likeness (QED) is 0.492. The van der Waals surface area contributed by atoms with E-state index in [4.69, 9.17) is 4.74 Å². The average molecular weight is 375 g/mol. The van der Waals surface area contributed by atoms with Crippen LogP contribution in [0, 0.1) is 5.41 Å². The van der Waals surface area contributed by atoms with E-state index in [0.717, 1.165) is 38.2 Å². The van der Waals surface area contributed by atoms with Gasteiger partial charge in [0.05, 0.1) is 11.9 Å². The summed E-state index contributed by atoms with van der Waals surface area (Å²) in [5.74, 6) is 1.01. The summed E-state index contributed by atoms with van der Waals surface area (Å²) >= 11 is 0. The zero-order chi connectivity index (χ0) is 18.5. The van der Waals surface area contributed by atoms with Crippen molar-refractivity contribution in [3.05, 3.63) is 0 Å². The lowest BCUT2D eigenvalue weighted by molar-refractivity contribution is -0.133. The first kappa shape index (κ1) is 20.5. The molecule has 8 heteroatoms. The highest BCUT2D eigenvalue weighted by atomic mass is 32.2. The molecule has 0 spiro atoms. The molecule has 0 radical (unpaired) electrons. The van der Waals surface area contributed by atoms with Gasteiger partial charge in [0.2, 0.25) is 10.0 Å². The number of aliphatic imine (C=N–C) groups is 1. The van der Waals surface area contributed by atoms with Crippen molar-refractivity contribution < 1.29 is 13.2 Å². The summed E-state index contributed by atoms with van der Waals surface area (Å²) < 4.78 is 31.2. The predicted octanol–water partition coefficient (Wildman–Crippen LogP) is 1.17. The maximum Gasteiger partial charge on any atom is 0.214 e. The van der Waals surface area contributed by atoms with Crippen molar-refractivity contribution in [3.63, 3.8) is 0 Å². The van der Waals surface area contributed by atoms with E-state index in [1.165, 1.54) is 0 Å². The molecule has 0 bridgehead atoms. The highest BCUT2D eigenvalue weighted by Gasteiger charge is 2.53. The minimum Gasteiger partial charge on any atom is -0.378 e. The van der Waals surface area contributed by atoms with Crippen molar-refractivity contribution in [2.45, 2.75) is 58.6 Å². The van der Waals surface area contributed by atoms with Gasteiger partial charge in [0, 0.05) is 44.7 Å². The van der Waals surface area contributed by atoms with Gasteiger partial charge in [-0.1, -0.05) is 13.8 Å². The molecule has 2 N–H and O–H groups in total. The second kappa shape index (κ2) is 8.68. The highest BCUT2D eigenvalue weighted by molar-refractivity contribution is 7.89. The molecule has 2 rings (SSSR count). The molecule has 2 unspecified atom stereocenters. The van der Waals surface area contributed by atoms with Crippen LogP contribution >= 0.6 is 0 Å². The Hall–Kier alpha value is -0.860. The molecule has 1 heterocycles. The molecule has 0 aromatic rings. The Morgan fingerprint density at radius 2 is 2.04 bits per heavy atom. The third-order valence-corrected chi connectivity index (χ3v) is 7.82. The maximum atomic E-state index is 11.8. The van der Waals surface area contributed by atoms with Crippen molar-refractivity contribution >= 4 is 16.0 Å². The SMILES string of the molecule is CCOC1CC(NC(=NC)NCCN2CCCS2(=O)=O)C1(CC)CC. The topological polar surface area (TPSA) is 83.0 Å². The monoisotopic (exact) mass is 374 g/mol. The zero-order valence-electron chi connectivity index (χ0n) is 16.0. The summed E-state index contributed by atoms with van der Waals surface area (Å²) in [6.45, 7) is 8.91. The van der Waals surface area contributed by atoms with E-state index in [2.05, 4.69) is 29.5 Å². The van der Waals surface area contributed by atoms with E-state index >= 15 is 0 Å². The number of rotatable bonds is 8. The van der Waals surface area contributed by atoms with Gasteiger partial charge in [-0.05, 0) is 32.6 Å². The van der Waals surface area contributed by atoms with Crippen LogP contribution in [-0.2, 0) is 14.8 Å². The summed E-state index contributed by atoms with van der Waals surface area (Å²) in [6, 6.07) is 0.334. The maximum absolute atomic E-state index is 11.8. The minimum absolute atomic E-state index is 0.145. The minimum atomic E-state index is -3.03. The van der Waals surface area contributed by atoms with Crippen LogP contribution in [-0.4, -0.2) is 69.9 Å². The molecule has 2 atom stereocenters. The largest absolute Gasteiger partial charge is 0.378 e. The molecule has 0 amide bonds. The Labute approximate surface area is 152 Å². The van der Waals surface area contributed by atoms with Gasteiger partial charge in [-0.25, -0.2) is 12.7 Å². The van der Waals surface area contributed by atoms with Gasteiger partial charge in [-0.15, -0.1) is 0 Å². The number of guanidine groups is 1. The summed E-state index contributed by atoms with van der Waals surface area (Å²) in [4.78, 5) is 4.30. The van der Waals surface area contributed by atoms with Crippen LogP contribution in [0.25, 0.3) is 0 Å². The van der Waals surface area contributed by atoms with Crippen LogP contribution in [0.1, 0.15) is 46.5 Å². The Balaban J connectivity index is 1.85. The van der Waals surface area contributed by atoms with Crippen LogP contribution in [0.2, 0.25) is 0 Å². The molecule has 1 aliphatic carbocycles. The van der Waals surface area contributed by atoms with E-state index in [1.807, 2.05) is 6.92 Å². The molecule has 1 saturated heterocycles. The lowest BCUT2D eigenvalue weighted by Gasteiger charge is -2.55. The summed E-state index contributed by atoms with van der Waals surface area (Å²) in [5.41, 5.74) is 0.145. The second-order valence-electron chi connectivity index (χ2n) is 6.88. The molecule has 7 nitrogen and oxygen atoms in total. The van der Waals surface area contributed by atoms with Crippen LogP contribution in [0.15, 0.2) is 4.99 Å². The molecule has 2 fully saturated rings. The lowest BCUT2D eigenvalue weighted by atomic mass is 9.58. The van der Waals surface area contributed by atoms with Crippen molar-refractivity contribution in [1.82, 2.24) is 14.9 Å². The molecule has 1 saturated carbocycles. The molecular weight excluding hydrogens is 340 g/mol. The van der Waals surface area contributed by atoms with Gasteiger partial charge in [-0.3, -0.25) is 4.99 Å². The summed E-state index contributed by atoms with van der Waals surface area (Å²) in [6.07, 6.45) is 4.14. The Morgan fingerprint density at radius 3 is 2.56 bits per heavy atom. The molecule has 0 aromatic carbocycles. The highest BCUT2D eigenvalue weighted by Crippen LogP contribution is 2.48. The first-order valence-electron chi connectivity index (χ1n) is 9.50. The standard InChI is InChI=1S/C17H34N4O3S/c1-5-17(6-2)14(13-15(17)24-7-3)20-16(18-4)19-9-11-21-10-8-12-25(21,22)23/h14-15H,5-13H2,1-4H3,(H2,18,19,20). The zero-order valence-corrected chi connectivity index (χ0v) is 16.9. The predicted molar refractivity (Wildman–Crippen MR) is 101 cm³/mol. The molecular formula is C17H34N4O3S. The van der Waals surface area contributed by atoms with Gasteiger partial charge in [0.25, 0.3) is 0 Å². The molecule has 2 aliphatic rings. The number of hydrogen-bond acceptors (Lipinski definition) is 4. The van der Waals surface area contributed by atoms with Crippen molar-refractivity contribution in [1.29, 1.82) is 0 Å². The number of ether oxygens (including phenoxy) is 1. The van der Waals surface area contributed by atoms with Crippen LogP contribution < -0.4 is 10.6 Å². The van der Waals surface area contributed by atoms with E-state index in [1.54, 1.807) is 11.4 Å². The Morgan fingerprint density at radius 1 is 1.32 bits per heavy atom. The number of sulfonamides is 1. The molecule has 1 aliphatic heterocycles. The number of nitrogens with one attached hydrogen (secondary N) is 2. The van der Waals surface area contributed by atoms with Gasteiger partial charge in [-0.2, -0.15) is 0 Å². The van der Waals surface area contributed by atoms with Crippen LogP contribution in [0.5, 0.6) is 0 Å². The first-order chi connectivity index (χ1) is 11.9. The molecule has 0 aromatic heterocycles. The van der Waals surface area contributed by atoms with Gasteiger partial charge in [0.1, 0.15) is 0 Å². The average Bonchev–Trinajstić information content (AvgIpc) is 2.92. The van der Waals surface area contributed by atoms with Crippen LogP contribution in [0.4, 0.5) is 0 Å². The molecule has 146 valence electrons. The normalized spacial score (nSPS) is 28.6. The lowest BCUT2D eigenvalue weighted by Crippen LogP contribution is -2.65. The smallest absolute Gasteiger partial charge is 0.214 e. The molecule has 25 heavy (non-hydrogen) atoms. The number of hydrogen-bond donors (Lipinski definition) is 2. The number of nitrogens with zero attached hydrogens (tertiary/aromatic N) is 2. The van der Waals surface area contributed by atoms with Crippen LogP contribution in [0.3, 0.4) is 0 Å². The van der Waals surface area contributed by atoms with E-state index < -0.39 is 10.0 Å². The second-order valence-corrected chi connectivity index (χ2v) is 8.97. The van der Waals surface area contributed by atoms with E-state index in [0.29, 0.717) is 31.8 Å². The van der Waals surface area contributed by atoms with E-state index in [-0.39, 0.29) is 11.2 Å². The van der Waals surface area contributed by atoms with Gasteiger partial charge >= 0.3 is 0 Å².